The lowest BCUT2D eigenvalue weighted by Gasteiger charge is -2.31. The van der Waals surface area contributed by atoms with Gasteiger partial charge in [-0.2, -0.15) is 0 Å². The lowest BCUT2D eigenvalue weighted by Crippen LogP contribution is -2.35. The fourth-order valence-electron chi connectivity index (χ4n) is 2.45. The van der Waals surface area contributed by atoms with E-state index in [0.717, 1.165) is 12.5 Å². The molecule has 0 aliphatic carbocycles. The highest BCUT2D eigenvalue weighted by molar-refractivity contribution is 9.10. The third-order valence-corrected chi connectivity index (χ3v) is 5.14. The SMILES string of the molecule is CN1CCC(CN(C)Cc2cc(Br)cs2)CC1. The molecular formula is C13H21BrN2S. The van der Waals surface area contributed by atoms with Crippen LogP contribution in [0.15, 0.2) is 15.9 Å². The van der Waals surface area contributed by atoms with E-state index in [4.69, 9.17) is 0 Å². The number of likely N-dealkylation sites (tertiary alicyclic amines) is 1. The van der Waals surface area contributed by atoms with E-state index in [1.54, 1.807) is 0 Å². The molecule has 2 heterocycles. The summed E-state index contributed by atoms with van der Waals surface area (Å²) < 4.78 is 1.21. The summed E-state index contributed by atoms with van der Waals surface area (Å²) >= 11 is 5.36. The van der Waals surface area contributed by atoms with Gasteiger partial charge < -0.3 is 9.80 Å². The lowest BCUT2D eigenvalue weighted by atomic mass is 9.97. The van der Waals surface area contributed by atoms with E-state index >= 15 is 0 Å². The zero-order chi connectivity index (χ0) is 12.3. The third-order valence-electron chi connectivity index (χ3n) is 3.46. The van der Waals surface area contributed by atoms with Gasteiger partial charge >= 0.3 is 0 Å². The molecule has 0 N–H and O–H groups in total. The highest BCUT2D eigenvalue weighted by Crippen LogP contribution is 2.22. The molecule has 1 aliphatic rings. The van der Waals surface area contributed by atoms with Gasteiger partial charge in [-0.25, -0.2) is 0 Å². The number of hydrogen-bond donors (Lipinski definition) is 0. The first-order chi connectivity index (χ1) is 8.13. The molecule has 0 amide bonds. The van der Waals surface area contributed by atoms with Gasteiger partial charge in [-0.1, -0.05) is 0 Å². The predicted molar refractivity (Wildman–Crippen MR) is 78.6 cm³/mol. The van der Waals surface area contributed by atoms with Crippen LogP contribution in [0.5, 0.6) is 0 Å². The number of hydrogen-bond acceptors (Lipinski definition) is 3. The normalized spacial score (nSPS) is 19.1. The number of thiophene rings is 1. The Bertz CT molecular complexity index is 345. The van der Waals surface area contributed by atoms with Gasteiger partial charge in [0.25, 0.3) is 0 Å². The van der Waals surface area contributed by atoms with Crippen LogP contribution >= 0.6 is 27.3 Å². The van der Waals surface area contributed by atoms with E-state index in [9.17, 15) is 0 Å². The molecule has 96 valence electrons. The Morgan fingerprint density at radius 1 is 1.47 bits per heavy atom. The van der Waals surface area contributed by atoms with Gasteiger partial charge in [-0.05, 0) is 67.9 Å². The Labute approximate surface area is 117 Å². The van der Waals surface area contributed by atoms with Gasteiger partial charge in [-0.3, -0.25) is 0 Å². The Morgan fingerprint density at radius 2 is 2.18 bits per heavy atom. The van der Waals surface area contributed by atoms with Crippen molar-refractivity contribution in [2.45, 2.75) is 19.4 Å². The van der Waals surface area contributed by atoms with Crippen LogP contribution in [0.1, 0.15) is 17.7 Å². The van der Waals surface area contributed by atoms with E-state index < -0.39 is 0 Å². The second kappa shape index (κ2) is 6.32. The monoisotopic (exact) mass is 316 g/mol. The van der Waals surface area contributed by atoms with Gasteiger partial charge in [0.2, 0.25) is 0 Å². The van der Waals surface area contributed by atoms with Crippen LogP contribution in [0.4, 0.5) is 0 Å². The zero-order valence-electron chi connectivity index (χ0n) is 10.7. The maximum atomic E-state index is 3.51. The summed E-state index contributed by atoms with van der Waals surface area (Å²) in [5, 5.41) is 2.17. The third kappa shape index (κ3) is 4.36. The van der Waals surface area contributed by atoms with Crippen molar-refractivity contribution in [2.75, 3.05) is 33.7 Å². The molecule has 0 saturated carbocycles. The maximum absolute atomic E-state index is 3.51. The number of piperidine rings is 1. The van der Waals surface area contributed by atoms with E-state index in [1.807, 2.05) is 11.3 Å². The zero-order valence-corrected chi connectivity index (χ0v) is 13.1. The summed E-state index contributed by atoms with van der Waals surface area (Å²) in [6, 6.07) is 2.23. The fraction of sp³-hybridized carbons (Fsp3) is 0.692. The van der Waals surface area contributed by atoms with Gasteiger partial charge in [0.15, 0.2) is 0 Å². The minimum atomic E-state index is 0.889. The molecule has 1 saturated heterocycles. The summed E-state index contributed by atoms with van der Waals surface area (Å²) in [6.07, 6.45) is 2.71. The topological polar surface area (TPSA) is 6.48 Å². The summed E-state index contributed by atoms with van der Waals surface area (Å²) in [7, 11) is 4.47. The minimum Gasteiger partial charge on any atom is -0.306 e. The second-order valence-electron chi connectivity index (χ2n) is 5.17. The van der Waals surface area contributed by atoms with Crippen LogP contribution in [-0.4, -0.2) is 43.5 Å². The number of rotatable bonds is 4. The average molecular weight is 317 g/mol. The van der Waals surface area contributed by atoms with Gasteiger partial charge in [0, 0.05) is 27.8 Å². The molecule has 2 rings (SSSR count). The molecule has 17 heavy (non-hydrogen) atoms. The molecule has 0 spiro atoms. The smallest absolute Gasteiger partial charge is 0.0325 e. The van der Waals surface area contributed by atoms with Crippen LogP contribution in [0, 0.1) is 5.92 Å². The van der Waals surface area contributed by atoms with E-state index in [-0.39, 0.29) is 0 Å². The van der Waals surface area contributed by atoms with Crippen LogP contribution in [0.2, 0.25) is 0 Å². The van der Waals surface area contributed by atoms with Crippen LogP contribution in [0.25, 0.3) is 0 Å². The molecule has 0 aromatic carbocycles. The van der Waals surface area contributed by atoms with Crippen LogP contribution < -0.4 is 0 Å². The van der Waals surface area contributed by atoms with E-state index in [1.165, 1.54) is 41.8 Å². The molecule has 1 aromatic rings. The second-order valence-corrected chi connectivity index (χ2v) is 7.09. The molecule has 0 atom stereocenters. The van der Waals surface area contributed by atoms with E-state index in [0.29, 0.717) is 0 Å². The van der Waals surface area contributed by atoms with Crippen molar-refractivity contribution in [2.24, 2.45) is 5.92 Å². The first kappa shape index (κ1) is 13.5. The molecule has 4 heteroatoms. The Kier molecular flexibility index (Phi) is 5.03. The molecule has 1 aromatic heterocycles. The Hall–Kier alpha value is 0.1000. The highest BCUT2D eigenvalue weighted by Gasteiger charge is 2.18. The fourth-order valence-corrected chi connectivity index (χ4v) is 3.98. The van der Waals surface area contributed by atoms with Crippen LogP contribution in [-0.2, 0) is 6.54 Å². The first-order valence-corrected chi connectivity index (χ1v) is 7.91. The molecule has 0 unspecified atom stereocenters. The van der Waals surface area contributed by atoms with E-state index in [2.05, 4.69) is 51.3 Å². The van der Waals surface area contributed by atoms with Crippen LogP contribution in [0.3, 0.4) is 0 Å². The standard InChI is InChI=1S/C13H21BrN2S/c1-15-5-3-11(4-6-15)8-16(2)9-13-7-12(14)10-17-13/h7,10-11H,3-6,8-9H2,1-2H3. The van der Waals surface area contributed by atoms with Crippen molar-refractivity contribution in [3.63, 3.8) is 0 Å². The van der Waals surface area contributed by atoms with Crippen molar-refractivity contribution < 1.29 is 0 Å². The number of nitrogens with zero attached hydrogens (tertiary/aromatic N) is 2. The Morgan fingerprint density at radius 3 is 2.76 bits per heavy atom. The molecule has 2 nitrogen and oxygen atoms in total. The summed E-state index contributed by atoms with van der Waals surface area (Å²) in [5.74, 6) is 0.889. The summed E-state index contributed by atoms with van der Waals surface area (Å²) in [6.45, 7) is 4.86. The summed E-state index contributed by atoms with van der Waals surface area (Å²) in [4.78, 5) is 6.36. The van der Waals surface area contributed by atoms with Gasteiger partial charge in [0.1, 0.15) is 0 Å². The number of halogens is 1. The maximum Gasteiger partial charge on any atom is 0.0325 e. The van der Waals surface area contributed by atoms with Crippen molar-refractivity contribution in [1.82, 2.24) is 9.80 Å². The predicted octanol–water partition coefficient (Wildman–Crippen LogP) is 3.28. The molecule has 1 aliphatic heterocycles. The van der Waals surface area contributed by atoms with Crippen molar-refractivity contribution >= 4 is 27.3 Å². The first-order valence-electron chi connectivity index (χ1n) is 6.23. The van der Waals surface area contributed by atoms with Crippen molar-refractivity contribution in [3.05, 3.63) is 20.8 Å². The van der Waals surface area contributed by atoms with Crippen molar-refractivity contribution in [1.29, 1.82) is 0 Å². The highest BCUT2D eigenvalue weighted by atomic mass is 79.9. The molecule has 1 fully saturated rings. The average Bonchev–Trinajstić information content (AvgIpc) is 2.67. The lowest BCUT2D eigenvalue weighted by molar-refractivity contribution is 0.174. The van der Waals surface area contributed by atoms with Crippen molar-refractivity contribution in [3.8, 4) is 0 Å². The minimum absolute atomic E-state index is 0.889. The van der Waals surface area contributed by atoms with Gasteiger partial charge in [-0.15, -0.1) is 11.3 Å². The molecule has 0 radical (unpaired) electrons. The molecule has 0 bridgehead atoms. The molecular weight excluding hydrogens is 296 g/mol. The Balaban J connectivity index is 1.75. The van der Waals surface area contributed by atoms with Gasteiger partial charge in [0.05, 0.1) is 0 Å². The largest absolute Gasteiger partial charge is 0.306 e. The quantitative estimate of drug-likeness (QED) is 0.841. The summed E-state index contributed by atoms with van der Waals surface area (Å²) in [5.41, 5.74) is 0.